The van der Waals surface area contributed by atoms with Crippen LogP contribution in [0.2, 0.25) is 0 Å². The van der Waals surface area contributed by atoms with E-state index in [9.17, 15) is 14.3 Å². The molecular weight excluding hydrogens is 261 g/mol. The third-order valence-electron chi connectivity index (χ3n) is 4.07. The maximum atomic E-state index is 13.6. The van der Waals surface area contributed by atoms with Crippen LogP contribution in [-0.4, -0.2) is 29.3 Å². The highest BCUT2D eigenvalue weighted by atomic mass is 19.1. The normalized spacial score (nSPS) is 22.1. The number of hydrogen-bond acceptors (Lipinski definition) is 3. The number of rotatable bonds is 6. The second-order valence-corrected chi connectivity index (χ2v) is 5.38. The first-order chi connectivity index (χ1) is 9.61. The number of carboxylic acid groups (broad SMARTS) is 1. The minimum Gasteiger partial charge on any atom is -0.478 e. The largest absolute Gasteiger partial charge is 0.478 e. The van der Waals surface area contributed by atoms with Crippen molar-refractivity contribution in [3.63, 3.8) is 0 Å². The van der Waals surface area contributed by atoms with Crippen molar-refractivity contribution in [1.29, 1.82) is 0 Å². The molecule has 0 amide bonds. The lowest BCUT2D eigenvalue weighted by atomic mass is 9.97. The van der Waals surface area contributed by atoms with Gasteiger partial charge in [-0.1, -0.05) is 6.42 Å². The molecule has 2 unspecified atom stereocenters. The van der Waals surface area contributed by atoms with Gasteiger partial charge in [-0.3, -0.25) is 0 Å². The molecule has 1 saturated carbocycles. The van der Waals surface area contributed by atoms with Crippen molar-refractivity contribution in [2.24, 2.45) is 11.8 Å². The minimum atomic E-state index is -1.05. The molecule has 3 N–H and O–H groups in total. The van der Waals surface area contributed by atoms with Crippen LogP contribution in [0.5, 0.6) is 0 Å². The van der Waals surface area contributed by atoms with Gasteiger partial charge >= 0.3 is 5.97 Å². The van der Waals surface area contributed by atoms with E-state index in [0.29, 0.717) is 23.9 Å². The predicted molar refractivity (Wildman–Crippen MR) is 73.0 cm³/mol. The molecule has 1 aliphatic rings. The molecule has 2 atom stereocenters. The van der Waals surface area contributed by atoms with Crippen molar-refractivity contribution in [2.45, 2.75) is 25.8 Å². The van der Waals surface area contributed by atoms with Crippen molar-refractivity contribution >= 4 is 5.97 Å². The number of aliphatic hydroxyl groups is 1. The first-order valence-corrected chi connectivity index (χ1v) is 6.95. The monoisotopic (exact) mass is 281 g/mol. The molecule has 110 valence electrons. The molecule has 5 heteroatoms. The van der Waals surface area contributed by atoms with Gasteiger partial charge in [0.05, 0.1) is 5.56 Å². The number of nitrogens with one attached hydrogen (secondary N) is 1. The third-order valence-corrected chi connectivity index (χ3v) is 4.07. The Morgan fingerprint density at radius 3 is 2.80 bits per heavy atom. The first-order valence-electron chi connectivity index (χ1n) is 6.95. The highest BCUT2D eigenvalue weighted by molar-refractivity contribution is 5.87. The second-order valence-electron chi connectivity index (χ2n) is 5.38. The lowest BCUT2D eigenvalue weighted by Crippen LogP contribution is -2.26. The fraction of sp³-hybridized carbons (Fsp3) is 0.533. The van der Waals surface area contributed by atoms with Crippen LogP contribution in [-0.2, 0) is 6.54 Å². The maximum Gasteiger partial charge on any atom is 0.335 e. The molecule has 20 heavy (non-hydrogen) atoms. The summed E-state index contributed by atoms with van der Waals surface area (Å²) in [7, 11) is 0. The number of aromatic carboxylic acids is 1. The van der Waals surface area contributed by atoms with E-state index in [-0.39, 0.29) is 12.2 Å². The molecule has 4 nitrogen and oxygen atoms in total. The van der Waals surface area contributed by atoms with Crippen LogP contribution in [0.15, 0.2) is 18.2 Å². The third kappa shape index (κ3) is 3.55. The van der Waals surface area contributed by atoms with Crippen LogP contribution >= 0.6 is 0 Å². The number of hydrogen-bond donors (Lipinski definition) is 3. The summed E-state index contributed by atoms with van der Waals surface area (Å²) >= 11 is 0. The lowest BCUT2D eigenvalue weighted by molar-refractivity contribution is 0.0696. The highest BCUT2D eigenvalue weighted by Gasteiger charge is 2.25. The van der Waals surface area contributed by atoms with Gasteiger partial charge in [-0.15, -0.1) is 0 Å². The molecule has 1 fully saturated rings. The van der Waals surface area contributed by atoms with Crippen molar-refractivity contribution in [1.82, 2.24) is 5.32 Å². The van der Waals surface area contributed by atoms with Crippen molar-refractivity contribution in [3.05, 3.63) is 35.1 Å². The Bertz CT molecular complexity index is 478. The van der Waals surface area contributed by atoms with Gasteiger partial charge in [0.2, 0.25) is 0 Å². The average molecular weight is 281 g/mol. The summed E-state index contributed by atoms with van der Waals surface area (Å²) in [5.41, 5.74) is 0.459. The summed E-state index contributed by atoms with van der Waals surface area (Å²) in [6.07, 6.45) is 3.25. The lowest BCUT2D eigenvalue weighted by Gasteiger charge is -2.18. The Kier molecular flexibility index (Phi) is 5.09. The van der Waals surface area contributed by atoms with E-state index in [2.05, 4.69) is 5.32 Å². The van der Waals surface area contributed by atoms with Gasteiger partial charge in [0.25, 0.3) is 0 Å². The maximum absolute atomic E-state index is 13.6. The zero-order chi connectivity index (χ0) is 14.5. The van der Waals surface area contributed by atoms with E-state index in [4.69, 9.17) is 5.11 Å². The quantitative estimate of drug-likeness (QED) is 0.746. The van der Waals surface area contributed by atoms with E-state index in [1.54, 1.807) is 0 Å². The second kappa shape index (κ2) is 6.81. The molecule has 0 heterocycles. The standard InChI is InChI=1S/C15H20FNO3/c16-14-5-4-10(15(19)20)6-13(14)8-17-7-11-2-1-3-12(11)9-18/h4-6,11-12,17-18H,1-3,7-9H2,(H,19,20). The molecule has 0 radical (unpaired) electrons. The Hall–Kier alpha value is -1.46. The first kappa shape index (κ1) is 14.9. The molecule has 0 spiro atoms. The van der Waals surface area contributed by atoms with Crippen LogP contribution in [0.3, 0.4) is 0 Å². The number of aliphatic hydroxyl groups excluding tert-OH is 1. The Labute approximate surface area is 117 Å². The smallest absolute Gasteiger partial charge is 0.335 e. The van der Waals surface area contributed by atoms with Crippen molar-refractivity contribution in [2.75, 3.05) is 13.2 Å². The van der Waals surface area contributed by atoms with E-state index in [1.165, 1.54) is 18.2 Å². The van der Waals surface area contributed by atoms with Gasteiger partial charge in [0, 0.05) is 18.7 Å². The predicted octanol–water partition coefficient (Wildman–Crippen LogP) is 2.02. The molecule has 1 aromatic rings. The van der Waals surface area contributed by atoms with E-state index >= 15 is 0 Å². The number of carboxylic acids is 1. The van der Waals surface area contributed by atoms with Crippen LogP contribution in [0, 0.1) is 17.7 Å². The van der Waals surface area contributed by atoms with Crippen LogP contribution in [0.4, 0.5) is 4.39 Å². The SMILES string of the molecule is O=C(O)c1ccc(F)c(CNCC2CCCC2CO)c1. The Balaban J connectivity index is 1.90. The molecule has 0 saturated heterocycles. The topological polar surface area (TPSA) is 69.6 Å². The average Bonchev–Trinajstić information content (AvgIpc) is 2.88. The summed E-state index contributed by atoms with van der Waals surface area (Å²) in [6, 6.07) is 3.81. The molecule has 0 aromatic heterocycles. The Morgan fingerprint density at radius 2 is 2.10 bits per heavy atom. The molecule has 1 aromatic carbocycles. The van der Waals surface area contributed by atoms with E-state index in [0.717, 1.165) is 25.8 Å². The fourth-order valence-electron chi connectivity index (χ4n) is 2.86. The molecule has 0 bridgehead atoms. The van der Waals surface area contributed by atoms with Gasteiger partial charge in [-0.2, -0.15) is 0 Å². The fourth-order valence-corrected chi connectivity index (χ4v) is 2.86. The summed E-state index contributed by atoms with van der Waals surface area (Å²) in [5.74, 6) is -0.696. The van der Waals surface area contributed by atoms with Gasteiger partial charge in [0.1, 0.15) is 5.82 Å². The van der Waals surface area contributed by atoms with Crippen molar-refractivity contribution < 1.29 is 19.4 Å². The molecule has 0 aliphatic heterocycles. The van der Waals surface area contributed by atoms with Crippen molar-refractivity contribution in [3.8, 4) is 0 Å². The van der Waals surface area contributed by atoms with E-state index in [1.807, 2.05) is 0 Å². The zero-order valence-corrected chi connectivity index (χ0v) is 11.3. The van der Waals surface area contributed by atoms with Crippen LogP contribution in [0.25, 0.3) is 0 Å². The van der Waals surface area contributed by atoms with Gasteiger partial charge < -0.3 is 15.5 Å². The van der Waals surface area contributed by atoms with Crippen LogP contribution in [0.1, 0.15) is 35.2 Å². The molecule has 1 aliphatic carbocycles. The molecule has 2 rings (SSSR count). The summed E-state index contributed by atoms with van der Waals surface area (Å²) in [4.78, 5) is 10.9. The number of halogens is 1. The van der Waals surface area contributed by atoms with Gasteiger partial charge in [0.15, 0.2) is 0 Å². The summed E-state index contributed by atoms with van der Waals surface area (Å²) < 4.78 is 13.6. The minimum absolute atomic E-state index is 0.0947. The number of carbonyl (C=O) groups is 1. The van der Waals surface area contributed by atoms with Crippen LogP contribution < -0.4 is 5.32 Å². The zero-order valence-electron chi connectivity index (χ0n) is 11.3. The van der Waals surface area contributed by atoms with Gasteiger partial charge in [-0.05, 0) is 49.4 Å². The van der Waals surface area contributed by atoms with Gasteiger partial charge in [-0.25, -0.2) is 9.18 Å². The van der Waals surface area contributed by atoms with E-state index < -0.39 is 11.8 Å². The molecular formula is C15H20FNO3. The number of benzene rings is 1. The summed E-state index contributed by atoms with van der Waals surface area (Å²) in [5, 5.41) is 21.3. The highest BCUT2D eigenvalue weighted by Crippen LogP contribution is 2.30. The summed E-state index contributed by atoms with van der Waals surface area (Å²) in [6.45, 7) is 1.23. The Morgan fingerprint density at radius 1 is 1.35 bits per heavy atom.